The third-order valence-electron chi connectivity index (χ3n) is 3.11. The molecule has 0 N–H and O–H groups in total. The Labute approximate surface area is 162 Å². The highest BCUT2D eigenvalue weighted by Crippen LogP contribution is 2.34. The van der Waals surface area contributed by atoms with Gasteiger partial charge in [-0.15, -0.1) is 0 Å². The van der Waals surface area contributed by atoms with E-state index in [1.54, 1.807) is 7.11 Å². The third kappa shape index (κ3) is 5.33. The molecule has 0 amide bonds. The van der Waals surface area contributed by atoms with Gasteiger partial charge in [0.05, 0.1) is 16.1 Å². The normalized spacial score (nSPS) is 11.2. The Bertz CT molecular complexity index is 728. The van der Waals surface area contributed by atoms with E-state index in [1.165, 1.54) is 0 Å². The van der Waals surface area contributed by atoms with Crippen LogP contribution in [0.15, 0.2) is 56.6 Å². The average Bonchev–Trinajstić information content (AvgIpc) is 2.54. The highest BCUT2D eigenvalue weighted by Gasteiger charge is 2.14. The van der Waals surface area contributed by atoms with E-state index in [0.29, 0.717) is 5.75 Å². The Morgan fingerprint density at radius 1 is 1.12 bits per heavy atom. The van der Waals surface area contributed by atoms with Crippen LogP contribution in [0.5, 0.6) is 5.75 Å². The Morgan fingerprint density at radius 3 is 2.29 bits per heavy atom. The van der Waals surface area contributed by atoms with Crippen molar-refractivity contribution >= 4 is 54.4 Å². The minimum Gasteiger partial charge on any atom is -0.494 e. The minimum absolute atomic E-state index is 0.136. The quantitative estimate of drug-likeness (QED) is 0.318. The number of hydrogen-bond donors (Lipinski definition) is 0. The summed E-state index contributed by atoms with van der Waals surface area (Å²) in [6.07, 6.45) is 0.248. The Kier molecular flexibility index (Phi) is 7.27. The molecule has 0 heterocycles. The highest BCUT2D eigenvalue weighted by molar-refractivity contribution is 9.11. The molecule has 4 nitrogen and oxygen atoms in total. The maximum Gasteiger partial charge on any atom is 0.270 e. The van der Waals surface area contributed by atoms with Gasteiger partial charge in [0.25, 0.3) is 5.24 Å². The first-order valence-corrected chi connectivity index (χ1v) is 8.92. The van der Waals surface area contributed by atoms with Crippen molar-refractivity contribution in [2.24, 2.45) is 5.16 Å². The molecule has 2 rings (SSSR count). The average molecular weight is 476 g/mol. The molecule has 24 heavy (non-hydrogen) atoms. The molecule has 0 radical (unpaired) electrons. The van der Waals surface area contributed by atoms with Crippen molar-refractivity contribution in [3.63, 3.8) is 0 Å². The van der Waals surface area contributed by atoms with Gasteiger partial charge in [-0.3, -0.25) is 4.79 Å². The summed E-state index contributed by atoms with van der Waals surface area (Å²) in [6, 6.07) is 13.2. The molecule has 0 aliphatic rings. The van der Waals surface area contributed by atoms with Crippen LogP contribution in [0.1, 0.15) is 11.1 Å². The van der Waals surface area contributed by atoms with E-state index in [0.717, 1.165) is 20.1 Å². The minimum atomic E-state index is -0.647. The molecule has 0 bridgehead atoms. The molecular weight excluding hydrogens is 461 g/mol. The van der Waals surface area contributed by atoms with Crippen LogP contribution in [0.3, 0.4) is 0 Å². The second-order valence-corrected chi connectivity index (χ2v) is 6.89. The van der Waals surface area contributed by atoms with Crippen LogP contribution >= 0.6 is 43.5 Å². The molecule has 7 heteroatoms. The van der Waals surface area contributed by atoms with Crippen LogP contribution < -0.4 is 4.74 Å². The van der Waals surface area contributed by atoms with Gasteiger partial charge in [0, 0.05) is 6.42 Å². The van der Waals surface area contributed by atoms with Gasteiger partial charge in [0.15, 0.2) is 0 Å². The van der Waals surface area contributed by atoms with Gasteiger partial charge in [-0.1, -0.05) is 35.5 Å². The van der Waals surface area contributed by atoms with Crippen LogP contribution in [0, 0.1) is 0 Å². The lowest BCUT2D eigenvalue weighted by Gasteiger charge is -2.09. The molecule has 0 fully saturated rings. The number of oxime groups is 1. The summed E-state index contributed by atoms with van der Waals surface area (Å²) < 4.78 is 6.78. The van der Waals surface area contributed by atoms with Crippen LogP contribution in [-0.4, -0.2) is 18.1 Å². The van der Waals surface area contributed by atoms with E-state index in [9.17, 15) is 4.79 Å². The lowest BCUT2D eigenvalue weighted by atomic mass is 10.1. The maximum atomic E-state index is 11.6. The van der Waals surface area contributed by atoms with E-state index in [4.69, 9.17) is 21.2 Å². The van der Waals surface area contributed by atoms with Gasteiger partial charge in [0.1, 0.15) is 18.1 Å². The second kappa shape index (κ2) is 9.20. The molecule has 0 unspecified atom stereocenters. The van der Waals surface area contributed by atoms with E-state index >= 15 is 0 Å². The number of hydrogen-bond acceptors (Lipinski definition) is 4. The first-order valence-electron chi connectivity index (χ1n) is 6.95. The van der Waals surface area contributed by atoms with Gasteiger partial charge < -0.3 is 9.57 Å². The fraction of sp³-hybridized carbons (Fsp3) is 0.176. The third-order valence-corrected chi connectivity index (χ3v) is 4.51. The number of methoxy groups -OCH3 is 1. The molecule has 0 aliphatic heterocycles. The zero-order chi connectivity index (χ0) is 17.5. The number of halogens is 3. The number of rotatable bonds is 7. The Hall–Kier alpha value is -1.37. The number of nitrogens with zero attached hydrogens (tertiary/aromatic N) is 1. The predicted octanol–water partition coefficient (Wildman–Crippen LogP) is 5.10. The number of carbonyl (C=O) groups is 1. The molecule has 0 atom stereocenters. The second-order valence-electron chi connectivity index (χ2n) is 4.84. The first-order chi connectivity index (χ1) is 11.5. The zero-order valence-corrected chi connectivity index (χ0v) is 16.7. The fourth-order valence-electron chi connectivity index (χ4n) is 2.00. The van der Waals surface area contributed by atoms with Crippen molar-refractivity contribution in [2.45, 2.75) is 13.0 Å². The SMILES string of the molecule is COc1c(Br)cc(C/C(=N/OCc2ccccc2)C(=O)Cl)cc1Br. The monoisotopic (exact) mass is 473 g/mol. The summed E-state index contributed by atoms with van der Waals surface area (Å²) in [5.41, 5.74) is 1.93. The van der Waals surface area contributed by atoms with Crippen molar-refractivity contribution in [3.05, 3.63) is 62.5 Å². The van der Waals surface area contributed by atoms with Crippen LogP contribution in [-0.2, 0) is 22.7 Å². The van der Waals surface area contributed by atoms with Gasteiger partial charge in [-0.05, 0) is 66.7 Å². The van der Waals surface area contributed by atoms with Crippen LogP contribution in [0.25, 0.3) is 0 Å². The topological polar surface area (TPSA) is 47.9 Å². The van der Waals surface area contributed by atoms with Crippen molar-refractivity contribution in [1.29, 1.82) is 0 Å². The van der Waals surface area contributed by atoms with Gasteiger partial charge in [0.2, 0.25) is 0 Å². The fourth-order valence-corrected chi connectivity index (χ4v) is 3.71. The molecule has 0 spiro atoms. The summed E-state index contributed by atoms with van der Waals surface area (Å²) >= 11 is 12.5. The number of carbonyl (C=O) groups excluding carboxylic acids is 1. The van der Waals surface area contributed by atoms with Gasteiger partial charge in [-0.2, -0.15) is 0 Å². The van der Waals surface area contributed by atoms with Gasteiger partial charge >= 0.3 is 0 Å². The van der Waals surface area contributed by atoms with Crippen LogP contribution in [0.4, 0.5) is 0 Å². The molecule has 2 aromatic carbocycles. The molecule has 0 aromatic heterocycles. The predicted molar refractivity (Wildman–Crippen MR) is 102 cm³/mol. The highest BCUT2D eigenvalue weighted by atomic mass is 79.9. The lowest BCUT2D eigenvalue weighted by Crippen LogP contribution is -2.12. The Morgan fingerprint density at radius 2 is 1.75 bits per heavy atom. The molecule has 0 saturated carbocycles. The zero-order valence-electron chi connectivity index (χ0n) is 12.8. The summed E-state index contributed by atoms with van der Waals surface area (Å²) in [5, 5.41) is 3.24. The van der Waals surface area contributed by atoms with Crippen LogP contribution in [0.2, 0.25) is 0 Å². The molecule has 126 valence electrons. The Balaban J connectivity index is 2.11. The summed E-state index contributed by atoms with van der Waals surface area (Å²) in [5.74, 6) is 0.676. The standard InChI is InChI=1S/C17H14Br2ClNO3/c1-23-16-13(18)7-12(8-14(16)19)9-15(17(20)22)21-24-10-11-5-3-2-4-6-11/h2-8H,9-10H2,1H3/b21-15-. The van der Waals surface area contributed by atoms with Crippen molar-refractivity contribution in [2.75, 3.05) is 7.11 Å². The summed E-state index contributed by atoms with van der Waals surface area (Å²) in [6.45, 7) is 0.268. The smallest absolute Gasteiger partial charge is 0.270 e. The van der Waals surface area contributed by atoms with E-state index in [-0.39, 0.29) is 18.7 Å². The van der Waals surface area contributed by atoms with Crippen molar-refractivity contribution in [3.8, 4) is 5.75 Å². The molecule has 0 saturated heterocycles. The van der Waals surface area contributed by atoms with Gasteiger partial charge in [-0.25, -0.2) is 0 Å². The molecule has 0 aliphatic carbocycles. The molecule has 2 aromatic rings. The number of benzene rings is 2. The number of ether oxygens (including phenoxy) is 1. The largest absolute Gasteiger partial charge is 0.494 e. The van der Waals surface area contributed by atoms with Crippen molar-refractivity contribution in [1.82, 2.24) is 0 Å². The van der Waals surface area contributed by atoms with E-state index in [2.05, 4.69) is 37.0 Å². The van der Waals surface area contributed by atoms with Crippen molar-refractivity contribution < 1.29 is 14.4 Å². The first kappa shape index (κ1) is 19.0. The molecular formula is C17H14Br2ClNO3. The summed E-state index contributed by atoms with van der Waals surface area (Å²) in [4.78, 5) is 16.8. The van der Waals surface area contributed by atoms with E-state index < -0.39 is 5.24 Å². The lowest BCUT2D eigenvalue weighted by molar-refractivity contribution is -0.106. The van der Waals surface area contributed by atoms with E-state index in [1.807, 2.05) is 42.5 Å². The summed E-state index contributed by atoms with van der Waals surface area (Å²) in [7, 11) is 1.58. The maximum absolute atomic E-state index is 11.6.